The Bertz CT molecular complexity index is 511. The number of aromatic nitrogens is 1. The van der Waals surface area contributed by atoms with Gasteiger partial charge in [-0.15, -0.1) is 0 Å². The number of hydrogen-bond donors (Lipinski definition) is 1. The molecular formula is C18H26N2. The van der Waals surface area contributed by atoms with E-state index in [2.05, 4.69) is 70.2 Å². The summed E-state index contributed by atoms with van der Waals surface area (Å²) in [6, 6.07) is 6.02. The molecule has 0 unspecified atom stereocenters. The lowest BCUT2D eigenvalue weighted by molar-refractivity contribution is 0.0658. The van der Waals surface area contributed by atoms with Crippen molar-refractivity contribution >= 4 is 5.70 Å². The number of hydrogen-bond acceptors (Lipinski definition) is 2. The van der Waals surface area contributed by atoms with Gasteiger partial charge in [0, 0.05) is 11.6 Å². The molecule has 1 aliphatic rings. The van der Waals surface area contributed by atoms with E-state index >= 15 is 0 Å². The van der Waals surface area contributed by atoms with Gasteiger partial charge in [0.05, 0.1) is 11.4 Å². The molecule has 108 valence electrons. The highest BCUT2D eigenvalue weighted by atomic mass is 14.9. The fourth-order valence-corrected chi connectivity index (χ4v) is 3.31. The SMILES string of the molecule is CC(C)(C)C1(C(C)(C)C)C=CNC(c2ccccn2)=C1. The van der Waals surface area contributed by atoms with Crippen molar-refractivity contribution < 1.29 is 0 Å². The zero-order chi connectivity index (χ0) is 15.0. The molecule has 2 nitrogen and oxygen atoms in total. The molecular weight excluding hydrogens is 244 g/mol. The van der Waals surface area contributed by atoms with Crippen molar-refractivity contribution in [2.75, 3.05) is 0 Å². The second-order valence-electron chi connectivity index (χ2n) is 7.62. The zero-order valence-electron chi connectivity index (χ0n) is 13.5. The van der Waals surface area contributed by atoms with Crippen LogP contribution >= 0.6 is 0 Å². The van der Waals surface area contributed by atoms with Crippen LogP contribution in [0.5, 0.6) is 0 Å². The zero-order valence-corrected chi connectivity index (χ0v) is 13.5. The molecule has 2 heteroatoms. The maximum Gasteiger partial charge on any atom is 0.0861 e. The van der Waals surface area contributed by atoms with E-state index < -0.39 is 0 Å². The Hall–Kier alpha value is -1.57. The summed E-state index contributed by atoms with van der Waals surface area (Å²) in [5.41, 5.74) is 2.33. The minimum Gasteiger partial charge on any atom is -0.360 e. The van der Waals surface area contributed by atoms with Crippen molar-refractivity contribution in [2.45, 2.75) is 41.5 Å². The predicted molar refractivity (Wildman–Crippen MR) is 85.8 cm³/mol. The summed E-state index contributed by atoms with van der Waals surface area (Å²) in [6.45, 7) is 13.8. The molecule has 0 saturated carbocycles. The molecule has 0 aromatic carbocycles. The summed E-state index contributed by atoms with van der Waals surface area (Å²) in [6.07, 6.45) is 8.57. The molecule has 1 N–H and O–H groups in total. The summed E-state index contributed by atoms with van der Waals surface area (Å²) < 4.78 is 0. The van der Waals surface area contributed by atoms with Crippen molar-refractivity contribution in [2.24, 2.45) is 16.2 Å². The first-order chi connectivity index (χ1) is 9.17. The van der Waals surface area contributed by atoms with Crippen molar-refractivity contribution in [1.82, 2.24) is 10.3 Å². The quantitative estimate of drug-likeness (QED) is 0.805. The van der Waals surface area contributed by atoms with E-state index in [0.717, 1.165) is 11.4 Å². The number of nitrogens with zero attached hydrogens (tertiary/aromatic N) is 1. The first-order valence-electron chi connectivity index (χ1n) is 7.26. The molecule has 0 amide bonds. The van der Waals surface area contributed by atoms with Gasteiger partial charge in [0.25, 0.3) is 0 Å². The normalized spacial score (nSPS) is 18.4. The lowest BCUT2D eigenvalue weighted by Crippen LogP contribution is -2.45. The van der Waals surface area contributed by atoms with Crippen LogP contribution in [0.1, 0.15) is 47.2 Å². The summed E-state index contributed by atoms with van der Waals surface area (Å²) >= 11 is 0. The Balaban J connectivity index is 2.57. The third-order valence-corrected chi connectivity index (χ3v) is 4.38. The minimum absolute atomic E-state index is 0.0158. The Kier molecular flexibility index (Phi) is 3.53. The Morgan fingerprint density at radius 3 is 2.15 bits per heavy atom. The fourth-order valence-electron chi connectivity index (χ4n) is 3.31. The fraction of sp³-hybridized carbons (Fsp3) is 0.500. The van der Waals surface area contributed by atoms with E-state index in [9.17, 15) is 0 Å². The molecule has 2 rings (SSSR count). The standard InChI is InChI=1S/C18H26N2/c1-16(2,3)18(17(4,5)6)10-12-20-15(13-18)14-9-7-8-11-19-14/h7-13,20H,1-6H3. The number of nitrogens with one attached hydrogen (secondary N) is 1. The second-order valence-corrected chi connectivity index (χ2v) is 7.62. The molecule has 0 fully saturated rings. The highest BCUT2D eigenvalue weighted by Gasteiger charge is 2.48. The van der Waals surface area contributed by atoms with Gasteiger partial charge in [-0.3, -0.25) is 4.98 Å². The molecule has 1 aliphatic heterocycles. The molecule has 0 spiro atoms. The van der Waals surface area contributed by atoms with Crippen molar-refractivity contribution in [1.29, 1.82) is 0 Å². The highest BCUT2D eigenvalue weighted by molar-refractivity contribution is 5.65. The van der Waals surface area contributed by atoms with Crippen molar-refractivity contribution in [3.8, 4) is 0 Å². The predicted octanol–water partition coefficient (Wildman–Crippen LogP) is 4.62. The van der Waals surface area contributed by atoms with Crippen molar-refractivity contribution in [3.63, 3.8) is 0 Å². The van der Waals surface area contributed by atoms with E-state index in [1.54, 1.807) is 0 Å². The van der Waals surface area contributed by atoms with Crippen LogP contribution in [-0.2, 0) is 0 Å². The van der Waals surface area contributed by atoms with E-state index in [1.165, 1.54) is 0 Å². The summed E-state index contributed by atoms with van der Waals surface area (Å²) in [5.74, 6) is 0. The summed E-state index contributed by atoms with van der Waals surface area (Å²) in [7, 11) is 0. The van der Waals surface area contributed by atoms with Gasteiger partial charge in [0.2, 0.25) is 0 Å². The molecule has 0 atom stereocenters. The topological polar surface area (TPSA) is 24.9 Å². The van der Waals surface area contributed by atoms with Crippen LogP contribution in [0, 0.1) is 16.2 Å². The van der Waals surface area contributed by atoms with E-state index in [0.29, 0.717) is 0 Å². The van der Waals surface area contributed by atoms with Gasteiger partial charge in [0.15, 0.2) is 0 Å². The van der Waals surface area contributed by atoms with Gasteiger partial charge < -0.3 is 5.32 Å². The van der Waals surface area contributed by atoms with Crippen LogP contribution in [0.15, 0.2) is 42.7 Å². The average molecular weight is 270 g/mol. The Labute approximate surface area is 123 Å². The smallest absolute Gasteiger partial charge is 0.0861 e. The highest BCUT2D eigenvalue weighted by Crippen LogP contribution is 2.55. The van der Waals surface area contributed by atoms with Crippen LogP contribution in [0.25, 0.3) is 5.70 Å². The van der Waals surface area contributed by atoms with E-state index in [1.807, 2.05) is 24.4 Å². The molecule has 1 aromatic heterocycles. The van der Waals surface area contributed by atoms with Crippen LogP contribution in [0.3, 0.4) is 0 Å². The molecule has 0 radical (unpaired) electrons. The monoisotopic (exact) mass is 270 g/mol. The number of allylic oxidation sites excluding steroid dienone is 2. The summed E-state index contributed by atoms with van der Waals surface area (Å²) in [4.78, 5) is 4.47. The number of dihydropyridines is 1. The molecule has 0 aliphatic carbocycles. The number of rotatable bonds is 1. The summed E-state index contributed by atoms with van der Waals surface area (Å²) in [5, 5.41) is 3.35. The lowest BCUT2D eigenvalue weighted by atomic mass is 9.53. The van der Waals surface area contributed by atoms with Gasteiger partial charge in [-0.05, 0) is 35.2 Å². The Morgan fingerprint density at radius 2 is 1.65 bits per heavy atom. The second kappa shape index (κ2) is 4.76. The molecule has 0 bridgehead atoms. The van der Waals surface area contributed by atoms with Crippen LogP contribution in [0.4, 0.5) is 0 Å². The van der Waals surface area contributed by atoms with Gasteiger partial charge in [-0.2, -0.15) is 0 Å². The number of pyridine rings is 1. The average Bonchev–Trinajstić information content (AvgIpc) is 2.37. The van der Waals surface area contributed by atoms with Crippen LogP contribution < -0.4 is 5.32 Å². The van der Waals surface area contributed by atoms with Crippen LogP contribution in [-0.4, -0.2) is 4.98 Å². The largest absolute Gasteiger partial charge is 0.360 e. The Morgan fingerprint density at radius 1 is 1.00 bits per heavy atom. The van der Waals surface area contributed by atoms with Gasteiger partial charge in [-0.25, -0.2) is 0 Å². The molecule has 0 saturated heterocycles. The third-order valence-electron chi connectivity index (χ3n) is 4.38. The van der Waals surface area contributed by atoms with Gasteiger partial charge >= 0.3 is 0 Å². The first kappa shape index (κ1) is 14.8. The van der Waals surface area contributed by atoms with Gasteiger partial charge in [-0.1, -0.05) is 53.7 Å². The first-order valence-corrected chi connectivity index (χ1v) is 7.26. The lowest BCUT2D eigenvalue weighted by Gasteiger charge is -2.51. The maximum absolute atomic E-state index is 4.47. The minimum atomic E-state index is -0.0158. The third kappa shape index (κ3) is 2.39. The molecule has 2 heterocycles. The molecule has 1 aromatic rings. The molecule has 20 heavy (non-hydrogen) atoms. The maximum atomic E-state index is 4.47. The van der Waals surface area contributed by atoms with E-state index in [4.69, 9.17) is 0 Å². The van der Waals surface area contributed by atoms with Gasteiger partial charge in [0.1, 0.15) is 0 Å². The van der Waals surface area contributed by atoms with Crippen molar-refractivity contribution in [3.05, 3.63) is 48.4 Å². The van der Waals surface area contributed by atoms with Crippen LogP contribution in [0.2, 0.25) is 0 Å². The van der Waals surface area contributed by atoms with E-state index in [-0.39, 0.29) is 16.2 Å².